The van der Waals surface area contributed by atoms with Crippen molar-refractivity contribution >= 4 is 5.91 Å². The molecule has 18 heavy (non-hydrogen) atoms. The van der Waals surface area contributed by atoms with Crippen molar-refractivity contribution in [3.05, 3.63) is 42.2 Å². The molecule has 4 heteroatoms. The van der Waals surface area contributed by atoms with Gasteiger partial charge in [0.05, 0.1) is 6.20 Å². The van der Waals surface area contributed by atoms with Crippen molar-refractivity contribution in [2.24, 2.45) is 0 Å². The number of aryl methyl sites for hydroxylation is 1. The summed E-state index contributed by atoms with van der Waals surface area (Å²) in [5.41, 5.74) is 2.71. The molecule has 0 saturated heterocycles. The maximum absolute atomic E-state index is 11.6. The van der Waals surface area contributed by atoms with Crippen LogP contribution in [0, 0.1) is 0 Å². The summed E-state index contributed by atoms with van der Waals surface area (Å²) in [5, 5.41) is 6.92. The number of rotatable bonds is 4. The maximum Gasteiger partial charge on any atom is 0.251 e. The largest absolute Gasteiger partial charge is 0.355 e. The van der Waals surface area contributed by atoms with Gasteiger partial charge in [0, 0.05) is 30.9 Å². The van der Waals surface area contributed by atoms with Crippen LogP contribution in [-0.4, -0.2) is 22.7 Å². The van der Waals surface area contributed by atoms with Crippen LogP contribution >= 0.6 is 0 Å². The van der Waals surface area contributed by atoms with Gasteiger partial charge in [-0.3, -0.25) is 9.48 Å². The van der Waals surface area contributed by atoms with E-state index in [1.165, 1.54) is 0 Å². The number of hydrogen-bond donors (Lipinski definition) is 1. The lowest BCUT2D eigenvalue weighted by Gasteiger charge is -2.02. The van der Waals surface area contributed by atoms with Crippen molar-refractivity contribution in [1.82, 2.24) is 15.1 Å². The number of carbonyl (C=O) groups excluding carboxylic acids is 1. The monoisotopic (exact) mass is 243 g/mol. The Morgan fingerprint density at radius 1 is 1.39 bits per heavy atom. The average Bonchev–Trinajstić information content (AvgIpc) is 2.87. The van der Waals surface area contributed by atoms with Gasteiger partial charge in [0.2, 0.25) is 0 Å². The SMILES string of the molecule is CCCn1cc(-c2cccc(C(=O)NC)c2)cn1. The summed E-state index contributed by atoms with van der Waals surface area (Å²) in [7, 11) is 1.63. The lowest BCUT2D eigenvalue weighted by atomic mass is 10.1. The van der Waals surface area contributed by atoms with Crippen LogP contribution < -0.4 is 5.32 Å². The van der Waals surface area contributed by atoms with Crippen LogP contribution in [0.1, 0.15) is 23.7 Å². The summed E-state index contributed by atoms with van der Waals surface area (Å²) in [4.78, 5) is 11.6. The second kappa shape index (κ2) is 5.49. The van der Waals surface area contributed by atoms with Crippen LogP contribution in [0.4, 0.5) is 0 Å². The Bertz CT molecular complexity index is 545. The first-order chi connectivity index (χ1) is 8.74. The molecular weight excluding hydrogens is 226 g/mol. The summed E-state index contributed by atoms with van der Waals surface area (Å²) < 4.78 is 1.92. The van der Waals surface area contributed by atoms with Crippen LogP contribution in [-0.2, 0) is 6.54 Å². The minimum Gasteiger partial charge on any atom is -0.355 e. The van der Waals surface area contributed by atoms with E-state index in [-0.39, 0.29) is 5.91 Å². The number of aromatic nitrogens is 2. The molecule has 0 fully saturated rings. The van der Waals surface area contributed by atoms with Crippen molar-refractivity contribution in [3.8, 4) is 11.1 Å². The third kappa shape index (κ3) is 2.59. The predicted molar refractivity (Wildman–Crippen MR) is 71.3 cm³/mol. The van der Waals surface area contributed by atoms with Gasteiger partial charge in [-0.2, -0.15) is 5.10 Å². The molecule has 2 rings (SSSR count). The number of nitrogens with one attached hydrogen (secondary N) is 1. The summed E-state index contributed by atoms with van der Waals surface area (Å²) in [6, 6.07) is 7.56. The molecule has 0 unspecified atom stereocenters. The number of hydrogen-bond acceptors (Lipinski definition) is 2. The highest BCUT2D eigenvalue weighted by Gasteiger charge is 2.06. The molecule has 1 amide bonds. The van der Waals surface area contributed by atoms with Crippen molar-refractivity contribution in [2.75, 3.05) is 7.05 Å². The fraction of sp³-hybridized carbons (Fsp3) is 0.286. The minimum atomic E-state index is -0.0715. The first kappa shape index (κ1) is 12.4. The lowest BCUT2D eigenvalue weighted by molar-refractivity contribution is 0.0963. The van der Waals surface area contributed by atoms with Gasteiger partial charge in [0.15, 0.2) is 0 Å². The summed E-state index contributed by atoms with van der Waals surface area (Å²) >= 11 is 0. The maximum atomic E-state index is 11.6. The minimum absolute atomic E-state index is 0.0715. The molecular formula is C14H17N3O. The molecule has 0 saturated carbocycles. The van der Waals surface area contributed by atoms with E-state index in [9.17, 15) is 4.79 Å². The first-order valence-electron chi connectivity index (χ1n) is 6.09. The van der Waals surface area contributed by atoms with Crippen molar-refractivity contribution in [1.29, 1.82) is 0 Å². The lowest BCUT2D eigenvalue weighted by Crippen LogP contribution is -2.17. The van der Waals surface area contributed by atoms with Gasteiger partial charge in [-0.05, 0) is 24.1 Å². The van der Waals surface area contributed by atoms with Gasteiger partial charge in [-0.25, -0.2) is 0 Å². The molecule has 0 radical (unpaired) electrons. The third-order valence-electron chi connectivity index (χ3n) is 2.77. The second-order valence-electron chi connectivity index (χ2n) is 4.15. The standard InChI is InChI=1S/C14H17N3O/c1-3-7-17-10-13(9-16-17)11-5-4-6-12(8-11)14(18)15-2/h4-6,8-10H,3,7H2,1-2H3,(H,15,18). The van der Waals surface area contributed by atoms with Crippen LogP contribution in [0.2, 0.25) is 0 Å². The van der Waals surface area contributed by atoms with Crippen molar-refractivity contribution in [2.45, 2.75) is 19.9 Å². The number of benzene rings is 1. The average molecular weight is 243 g/mol. The number of amides is 1. The molecule has 0 bridgehead atoms. The highest BCUT2D eigenvalue weighted by molar-refractivity contribution is 5.95. The molecule has 0 aliphatic heterocycles. The van der Waals surface area contributed by atoms with E-state index in [2.05, 4.69) is 17.3 Å². The van der Waals surface area contributed by atoms with Gasteiger partial charge in [-0.1, -0.05) is 19.1 Å². The van der Waals surface area contributed by atoms with E-state index >= 15 is 0 Å². The van der Waals surface area contributed by atoms with E-state index in [1.807, 2.05) is 35.3 Å². The molecule has 1 heterocycles. The fourth-order valence-electron chi connectivity index (χ4n) is 1.85. The highest BCUT2D eigenvalue weighted by Crippen LogP contribution is 2.19. The van der Waals surface area contributed by atoms with E-state index in [0.29, 0.717) is 5.56 Å². The van der Waals surface area contributed by atoms with Gasteiger partial charge >= 0.3 is 0 Å². The van der Waals surface area contributed by atoms with E-state index in [0.717, 1.165) is 24.1 Å². The zero-order valence-corrected chi connectivity index (χ0v) is 10.7. The number of carbonyl (C=O) groups is 1. The Balaban J connectivity index is 2.29. The summed E-state index contributed by atoms with van der Waals surface area (Å²) in [6.07, 6.45) is 4.89. The molecule has 0 spiro atoms. The fourth-order valence-corrected chi connectivity index (χ4v) is 1.85. The zero-order chi connectivity index (χ0) is 13.0. The summed E-state index contributed by atoms with van der Waals surface area (Å²) in [6.45, 7) is 3.03. The first-order valence-corrected chi connectivity index (χ1v) is 6.09. The van der Waals surface area contributed by atoms with Crippen LogP contribution in [0.25, 0.3) is 11.1 Å². The van der Waals surface area contributed by atoms with Crippen LogP contribution in [0.3, 0.4) is 0 Å². The van der Waals surface area contributed by atoms with E-state index < -0.39 is 0 Å². The highest BCUT2D eigenvalue weighted by atomic mass is 16.1. The van der Waals surface area contributed by atoms with Crippen molar-refractivity contribution in [3.63, 3.8) is 0 Å². The topological polar surface area (TPSA) is 46.9 Å². The smallest absolute Gasteiger partial charge is 0.251 e. The van der Waals surface area contributed by atoms with E-state index in [4.69, 9.17) is 0 Å². The van der Waals surface area contributed by atoms with Crippen molar-refractivity contribution < 1.29 is 4.79 Å². The molecule has 0 atom stereocenters. The molecule has 0 aliphatic rings. The number of nitrogens with zero attached hydrogens (tertiary/aromatic N) is 2. The zero-order valence-electron chi connectivity index (χ0n) is 10.7. The molecule has 0 aliphatic carbocycles. The molecule has 94 valence electrons. The van der Waals surface area contributed by atoms with Crippen LogP contribution in [0.15, 0.2) is 36.7 Å². The van der Waals surface area contributed by atoms with Crippen LogP contribution in [0.5, 0.6) is 0 Å². The van der Waals surface area contributed by atoms with Gasteiger partial charge in [-0.15, -0.1) is 0 Å². The molecule has 2 aromatic rings. The Morgan fingerprint density at radius 2 is 2.22 bits per heavy atom. The van der Waals surface area contributed by atoms with Gasteiger partial charge in [0.1, 0.15) is 0 Å². The van der Waals surface area contributed by atoms with Gasteiger partial charge < -0.3 is 5.32 Å². The normalized spacial score (nSPS) is 10.3. The Hall–Kier alpha value is -2.10. The quantitative estimate of drug-likeness (QED) is 0.895. The Labute approximate surface area is 107 Å². The van der Waals surface area contributed by atoms with E-state index in [1.54, 1.807) is 13.1 Å². The Morgan fingerprint density at radius 3 is 2.94 bits per heavy atom. The molecule has 1 aromatic heterocycles. The predicted octanol–water partition coefficient (Wildman–Crippen LogP) is 2.32. The third-order valence-corrected chi connectivity index (χ3v) is 2.77. The molecule has 4 nitrogen and oxygen atoms in total. The molecule has 1 aromatic carbocycles. The summed E-state index contributed by atoms with van der Waals surface area (Å²) in [5.74, 6) is -0.0715. The molecule has 1 N–H and O–H groups in total. The Kier molecular flexibility index (Phi) is 3.77. The van der Waals surface area contributed by atoms with Gasteiger partial charge in [0.25, 0.3) is 5.91 Å². The second-order valence-corrected chi connectivity index (χ2v) is 4.15.